The van der Waals surface area contributed by atoms with Gasteiger partial charge in [0.2, 0.25) is 0 Å². The number of benzene rings is 1. The maximum Gasteiger partial charge on any atom is 0.0991 e. The van der Waals surface area contributed by atoms with Gasteiger partial charge in [0, 0.05) is 18.6 Å². The third-order valence-electron chi connectivity index (χ3n) is 4.07. The van der Waals surface area contributed by atoms with Gasteiger partial charge in [0.25, 0.3) is 0 Å². The average molecular weight is 243 g/mol. The Morgan fingerprint density at radius 2 is 2.17 bits per heavy atom. The number of likely N-dealkylation sites (N-methyl/N-ethyl adjacent to an activating group) is 1. The Hall–Kier alpha value is -1.37. The van der Waals surface area contributed by atoms with E-state index < -0.39 is 0 Å². The molecule has 1 aromatic rings. The Morgan fingerprint density at radius 1 is 1.39 bits per heavy atom. The monoisotopic (exact) mass is 243 g/mol. The van der Waals surface area contributed by atoms with Crippen molar-refractivity contribution >= 4 is 0 Å². The van der Waals surface area contributed by atoms with Crippen LogP contribution in [0.4, 0.5) is 0 Å². The van der Waals surface area contributed by atoms with Crippen LogP contribution >= 0.6 is 0 Å². The van der Waals surface area contributed by atoms with Crippen LogP contribution in [-0.2, 0) is 6.54 Å². The van der Waals surface area contributed by atoms with Gasteiger partial charge in [-0.1, -0.05) is 12.1 Å². The largest absolute Gasteiger partial charge is 0.311 e. The molecule has 0 heterocycles. The Kier molecular flexibility index (Phi) is 4.00. The topological polar surface area (TPSA) is 39.1 Å². The molecule has 0 atom stereocenters. The van der Waals surface area contributed by atoms with Crippen LogP contribution in [0.15, 0.2) is 24.3 Å². The molecule has 18 heavy (non-hydrogen) atoms. The smallest absolute Gasteiger partial charge is 0.0991 e. The molecule has 1 saturated carbocycles. The highest BCUT2D eigenvalue weighted by Crippen LogP contribution is 2.35. The molecule has 0 bridgehead atoms. The fraction of sp³-hybridized carbons (Fsp3) is 0.533. The number of hydrogen-bond acceptors (Lipinski definition) is 3. The van der Waals surface area contributed by atoms with Crippen molar-refractivity contribution < 1.29 is 0 Å². The van der Waals surface area contributed by atoms with Crippen molar-refractivity contribution in [1.82, 2.24) is 10.2 Å². The second-order valence-corrected chi connectivity index (χ2v) is 5.39. The van der Waals surface area contributed by atoms with E-state index in [2.05, 4.69) is 36.4 Å². The van der Waals surface area contributed by atoms with Crippen LogP contribution in [0.25, 0.3) is 0 Å². The van der Waals surface area contributed by atoms with Crippen LogP contribution in [0.1, 0.15) is 30.4 Å². The zero-order valence-electron chi connectivity index (χ0n) is 11.2. The van der Waals surface area contributed by atoms with Crippen LogP contribution in [0.2, 0.25) is 0 Å². The van der Waals surface area contributed by atoms with Crippen molar-refractivity contribution in [3.05, 3.63) is 35.4 Å². The Balaban J connectivity index is 1.86. The summed E-state index contributed by atoms with van der Waals surface area (Å²) in [6.07, 6.45) is 3.90. The van der Waals surface area contributed by atoms with E-state index in [0.29, 0.717) is 5.54 Å². The van der Waals surface area contributed by atoms with E-state index in [9.17, 15) is 0 Å². The number of rotatable bonds is 5. The quantitative estimate of drug-likeness (QED) is 0.861. The van der Waals surface area contributed by atoms with E-state index >= 15 is 0 Å². The van der Waals surface area contributed by atoms with E-state index in [1.165, 1.54) is 24.8 Å². The van der Waals surface area contributed by atoms with Crippen LogP contribution in [0.3, 0.4) is 0 Å². The van der Waals surface area contributed by atoms with Crippen LogP contribution in [0, 0.1) is 11.3 Å². The fourth-order valence-corrected chi connectivity index (χ4v) is 2.56. The lowest BCUT2D eigenvalue weighted by Crippen LogP contribution is -2.56. The summed E-state index contributed by atoms with van der Waals surface area (Å²) in [5.41, 5.74) is 2.27. The second-order valence-electron chi connectivity index (χ2n) is 5.39. The van der Waals surface area contributed by atoms with E-state index in [4.69, 9.17) is 5.26 Å². The fourth-order valence-electron chi connectivity index (χ4n) is 2.56. The molecule has 2 rings (SSSR count). The van der Waals surface area contributed by atoms with E-state index in [0.717, 1.165) is 18.7 Å². The predicted octanol–water partition coefficient (Wildman–Crippen LogP) is 2.13. The molecule has 1 aliphatic carbocycles. The van der Waals surface area contributed by atoms with Gasteiger partial charge in [-0.3, -0.25) is 0 Å². The van der Waals surface area contributed by atoms with Gasteiger partial charge >= 0.3 is 0 Å². The van der Waals surface area contributed by atoms with Crippen molar-refractivity contribution in [2.75, 3.05) is 20.6 Å². The molecular formula is C15H21N3. The number of hydrogen-bond donors (Lipinski definition) is 1. The third kappa shape index (κ3) is 2.72. The molecule has 0 saturated heterocycles. The van der Waals surface area contributed by atoms with Gasteiger partial charge in [0.15, 0.2) is 0 Å². The van der Waals surface area contributed by atoms with E-state index in [1.807, 2.05) is 18.2 Å². The first-order chi connectivity index (χ1) is 8.66. The van der Waals surface area contributed by atoms with E-state index in [-0.39, 0.29) is 0 Å². The normalized spacial score (nSPS) is 17.2. The van der Waals surface area contributed by atoms with Crippen molar-refractivity contribution in [2.24, 2.45) is 0 Å². The molecule has 1 aliphatic rings. The number of nitriles is 1. The molecule has 0 spiro atoms. The molecular weight excluding hydrogens is 222 g/mol. The van der Waals surface area contributed by atoms with Gasteiger partial charge in [-0.2, -0.15) is 5.26 Å². The lowest BCUT2D eigenvalue weighted by atomic mass is 9.75. The van der Waals surface area contributed by atoms with Crippen LogP contribution in [-0.4, -0.2) is 31.1 Å². The molecule has 3 heteroatoms. The first kappa shape index (κ1) is 13.1. The zero-order valence-corrected chi connectivity index (χ0v) is 11.2. The molecule has 1 aromatic carbocycles. The number of nitrogens with zero attached hydrogens (tertiary/aromatic N) is 2. The summed E-state index contributed by atoms with van der Waals surface area (Å²) in [4.78, 5) is 2.34. The van der Waals surface area contributed by atoms with Gasteiger partial charge in [0.1, 0.15) is 0 Å². The van der Waals surface area contributed by atoms with Gasteiger partial charge in [-0.15, -0.1) is 0 Å². The standard InChI is InChI=1S/C15H21N3/c1-18(2)15(7-4-8-15)12-17-11-14-6-3-5-13(9-14)10-16/h3,5-6,9,17H,4,7-8,11-12H2,1-2H3. The van der Waals surface area contributed by atoms with Crippen molar-refractivity contribution in [3.63, 3.8) is 0 Å². The van der Waals surface area contributed by atoms with E-state index in [1.54, 1.807) is 0 Å². The van der Waals surface area contributed by atoms with Gasteiger partial charge in [-0.25, -0.2) is 0 Å². The van der Waals surface area contributed by atoms with Crippen molar-refractivity contribution in [2.45, 2.75) is 31.3 Å². The Labute approximate surface area is 109 Å². The van der Waals surface area contributed by atoms with Crippen LogP contribution in [0.5, 0.6) is 0 Å². The third-order valence-corrected chi connectivity index (χ3v) is 4.07. The van der Waals surface area contributed by atoms with Gasteiger partial charge < -0.3 is 10.2 Å². The Bertz CT molecular complexity index is 441. The summed E-state index contributed by atoms with van der Waals surface area (Å²) in [5, 5.41) is 12.4. The number of nitrogens with one attached hydrogen (secondary N) is 1. The molecule has 96 valence electrons. The van der Waals surface area contributed by atoms with Crippen LogP contribution < -0.4 is 5.32 Å². The SMILES string of the molecule is CN(C)C1(CNCc2cccc(C#N)c2)CCC1. The summed E-state index contributed by atoms with van der Waals surface area (Å²) in [6.45, 7) is 1.86. The molecule has 0 aromatic heterocycles. The summed E-state index contributed by atoms with van der Waals surface area (Å²) in [7, 11) is 4.33. The first-order valence-corrected chi connectivity index (χ1v) is 6.53. The molecule has 0 radical (unpaired) electrons. The summed E-state index contributed by atoms with van der Waals surface area (Å²) >= 11 is 0. The zero-order chi connectivity index (χ0) is 13.0. The highest BCUT2D eigenvalue weighted by atomic mass is 15.2. The predicted molar refractivity (Wildman–Crippen MR) is 73.1 cm³/mol. The Morgan fingerprint density at radius 3 is 2.72 bits per heavy atom. The highest BCUT2D eigenvalue weighted by molar-refractivity contribution is 5.32. The van der Waals surface area contributed by atoms with Crippen molar-refractivity contribution in [1.29, 1.82) is 5.26 Å². The minimum atomic E-state index is 0.354. The molecule has 1 fully saturated rings. The lowest BCUT2D eigenvalue weighted by Gasteiger charge is -2.47. The molecule has 0 amide bonds. The summed E-state index contributed by atoms with van der Waals surface area (Å²) < 4.78 is 0. The minimum Gasteiger partial charge on any atom is -0.311 e. The molecule has 0 aliphatic heterocycles. The lowest BCUT2D eigenvalue weighted by molar-refractivity contribution is 0.0598. The maximum atomic E-state index is 8.86. The second kappa shape index (κ2) is 5.51. The average Bonchev–Trinajstić information content (AvgIpc) is 2.32. The molecule has 3 nitrogen and oxygen atoms in total. The molecule has 1 N–H and O–H groups in total. The first-order valence-electron chi connectivity index (χ1n) is 6.53. The summed E-state index contributed by atoms with van der Waals surface area (Å²) in [6, 6.07) is 9.99. The van der Waals surface area contributed by atoms with Gasteiger partial charge in [0.05, 0.1) is 11.6 Å². The van der Waals surface area contributed by atoms with Crippen molar-refractivity contribution in [3.8, 4) is 6.07 Å². The molecule has 0 unspecified atom stereocenters. The summed E-state index contributed by atoms with van der Waals surface area (Å²) in [5.74, 6) is 0. The highest BCUT2D eigenvalue weighted by Gasteiger charge is 2.38. The maximum absolute atomic E-state index is 8.86. The van der Waals surface area contributed by atoms with Gasteiger partial charge in [-0.05, 0) is 51.1 Å². The minimum absolute atomic E-state index is 0.354.